The quantitative estimate of drug-likeness (QED) is 0.782. The first-order valence-electron chi connectivity index (χ1n) is 5.37. The van der Waals surface area contributed by atoms with Crippen LogP contribution in [0.2, 0.25) is 5.15 Å². The fourth-order valence-corrected chi connectivity index (χ4v) is 2.22. The Morgan fingerprint density at radius 3 is 2.65 bits per heavy atom. The molecule has 0 radical (unpaired) electrons. The van der Waals surface area contributed by atoms with E-state index in [9.17, 15) is 0 Å². The summed E-state index contributed by atoms with van der Waals surface area (Å²) >= 11 is 7.65. The molecule has 90 valence electrons. The average molecular weight is 268 g/mol. The molecule has 0 amide bonds. The minimum absolute atomic E-state index is 0.0947. The number of aromatic nitrogens is 3. The molecule has 0 saturated carbocycles. The third kappa shape index (κ3) is 3.23. The predicted octanol–water partition coefficient (Wildman–Crippen LogP) is 3.47. The Morgan fingerprint density at radius 1 is 1.29 bits per heavy atom. The first kappa shape index (κ1) is 12.5. The topological polar surface area (TPSA) is 38.7 Å². The van der Waals surface area contributed by atoms with Gasteiger partial charge in [-0.05, 0) is 6.07 Å². The zero-order valence-corrected chi connectivity index (χ0v) is 11.6. The van der Waals surface area contributed by atoms with Gasteiger partial charge in [-0.1, -0.05) is 32.4 Å². The molecule has 0 unspecified atom stereocenters. The van der Waals surface area contributed by atoms with E-state index in [4.69, 9.17) is 11.6 Å². The van der Waals surface area contributed by atoms with E-state index in [2.05, 4.69) is 35.7 Å². The summed E-state index contributed by atoms with van der Waals surface area (Å²) in [5.74, 6) is 0.775. The number of hydrogen-bond donors (Lipinski definition) is 0. The van der Waals surface area contributed by atoms with Crippen LogP contribution in [0.4, 0.5) is 0 Å². The third-order valence-electron chi connectivity index (χ3n) is 2.23. The highest BCUT2D eigenvalue weighted by atomic mass is 35.5. The van der Waals surface area contributed by atoms with Crippen molar-refractivity contribution in [2.24, 2.45) is 0 Å². The van der Waals surface area contributed by atoms with Crippen LogP contribution in [0.1, 0.15) is 37.3 Å². The monoisotopic (exact) mass is 267 g/mol. The van der Waals surface area contributed by atoms with Gasteiger partial charge in [0.15, 0.2) is 0 Å². The molecule has 0 spiro atoms. The molecule has 0 aliphatic rings. The fourth-order valence-electron chi connectivity index (χ4n) is 1.39. The van der Waals surface area contributed by atoms with Crippen molar-refractivity contribution >= 4 is 22.9 Å². The Morgan fingerprint density at radius 2 is 2.06 bits per heavy atom. The van der Waals surface area contributed by atoms with Gasteiger partial charge in [0, 0.05) is 23.4 Å². The molecule has 3 nitrogen and oxygen atoms in total. The van der Waals surface area contributed by atoms with Crippen LogP contribution in [0, 0.1) is 0 Å². The smallest absolute Gasteiger partial charge is 0.135 e. The molecule has 5 heteroatoms. The fraction of sp³-hybridized carbons (Fsp3) is 0.417. The van der Waals surface area contributed by atoms with E-state index < -0.39 is 0 Å². The largest absolute Gasteiger partial charge is 0.249 e. The molecule has 0 bridgehead atoms. The first-order chi connectivity index (χ1) is 7.95. The Balaban J connectivity index is 2.32. The van der Waals surface area contributed by atoms with Crippen LogP contribution in [0.5, 0.6) is 0 Å². The summed E-state index contributed by atoms with van der Waals surface area (Å²) in [6.45, 7) is 6.23. The lowest BCUT2D eigenvalue weighted by molar-refractivity contribution is 0.542. The number of nitrogens with zero attached hydrogens (tertiary/aromatic N) is 3. The normalized spacial score (nSPS) is 11.8. The molecule has 2 aromatic rings. The van der Waals surface area contributed by atoms with Gasteiger partial charge in [-0.25, -0.2) is 15.0 Å². The molecule has 17 heavy (non-hydrogen) atoms. The van der Waals surface area contributed by atoms with Crippen molar-refractivity contribution in [3.63, 3.8) is 0 Å². The zero-order chi connectivity index (χ0) is 12.5. The lowest BCUT2D eigenvalue weighted by Gasteiger charge is -2.17. The molecule has 0 aliphatic heterocycles. The van der Waals surface area contributed by atoms with E-state index in [1.807, 2.05) is 5.38 Å². The summed E-state index contributed by atoms with van der Waals surface area (Å²) in [6, 6.07) is 1.80. The van der Waals surface area contributed by atoms with E-state index in [0.717, 1.165) is 16.5 Å². The molecule has 2 heterocycles. The Bertz CT molecular complexity index is 503. The van der Waals surface area contributed by atoms with Gasteiger partial charge < -0.3 is 0 Å². The van der Waals surface area contributed by atoms with Crippen LogP contribution in [0.15, 0.2) is 17.6 Å². The van der Waals surface area contributed by atoms with Gasteiger partial charge in [-0.3, -0.25) is 0 Å². The van der Waals surface area contributed by atoms with Crippen molar-refractivity contribution in [3.8, 4) is 0 Å². The summed E-state index contributed by atoms with van der Waals surface area (Å²) < 4.78 is 0. The lowest BCUT2D eigenvalue weighted by Crippen LogP contribution is -2.17. The summed E-state index contributed by atoms with van der Waals surface area (Å²) in [7, 11) is 0. The van der Waals surface area contributed by atoms with Gasteiger partial charge in [0.1, 0.15) is 11.0 Å². The van der Waals surface area contributed by atoms with Gasteiger partial charge in [-0.2, -0.15) is 0 Å². The van der Waals surface area contributed by atoms with Gasteiger partial charge in [-0.15, -0.1) is 11.3 Å². The Labute approximate surface area is 110 Å². The number of halogens is 1. The van der Waals surface area contributed by atoms with Crippen LogP contribution in [0.25, 0.3) is 0 Å². The van der Waals surface area contributed by atoms with Crippen molar-refractivity contribution in [1.82, 2.24) is 15.0 Å². The van der Waals surface area contributed by atoms with E-state index in [1.54, 1.807) is 23.6 Å². The van der Waals surface area contributed by atoms with Crippen molar-refractivity contribution in [3.05, 3.63) is 39.3 Å². The van der Waals surface area contributed by atoms with E-state index in [1.165, 1.54) is 0 Å². The summed E-state index contributed by atoms with van der Waals surface area (Å²) in [5, 5.41) is 3.50. The summed E-state index contributed by atoms with van der Waals surface area (Å²) in [4.78, 5) is 13.1. The maximum atomic E-state index is 6.03. The van der Waals surface area contributed by atoms with Crippen molar-refractivity contribution < 1.29 is 0 Å². The van der Waals surface area contributed by atoms with Crippen LogP contribution in [-0.2, 0) is 11.8 Å². The van der Waals surface area contributed by atoms with Crippen LogP contribution < -0.4 is 0 Å². The van der Waals surface area contributed by atoms with Crippen LogP contribution in [-0.4, -0.2) is 15.0 Å². The van der Waals surface area contributed by atoms with Gasteiger partial charge in [0.05, 0.1) is 10.7 Å². The molecule has 2 aromatic heterocycles. The SMILES string of the molecule is CC(C)(C)c1nc(Cl)cc(Cc2nccs2)n1. The highest BCUT2D eigenvalue weighted by Crippen LogP contribution is 2.21. The Hall–Kier alpha value is -1.00. The maximum Gasteiger partial charge on any atom is 0.135 e. The number of rotatable bonds is 2. The molecule has 0 N–H and O–H groups in total. The van der Waals surface area contributed by atoms with Crippen molar-refractivity contribution in [2.75, 3.05) is 0 Å². The summed E-state index contributed by atoms with van der Waals surface area (Å²) in [6.07, 6.45) is 2.51. The average Bonchev–Trinajstić information content (AvgIpc) is 2.68. The second kappa shape index (κ2) is 4.70. The lowest BCUT2D eigenvalue weighted by atomic mass is 9.95. The van der Waals surface area contributed by atoms with E-state index in [-0.39, 0.29) is 5.41 Å². The molecule has 0 aromatic carbocycles. The van der Waals surface area contributed by atoms with Gasteiger partial charge >= 0.3 is 0 Å². The standard InChI is InChI=1S/C12H14ClN3S/c1-12(2,3)11-15-8(6-9(13)16-11)7-10-14-4-5-17-10/h4-6H,7H2,1-3H3. The van der Waals surface area contributed by atoms with Gasteiger partial charge in [0.2, 0.25) is 0 Å². The second-order valence-electron chi connectivity index (χ2n) is 4.86. The Kier molecular flexibility index (Phi) is 3.45. The van der Waals surface area contributed by atoms with Crippen molar-refractivity contribution in [2.45, 2.75) is 32.6 Å². The van der Waals surface area contributed by atoms with E-state index in [0.29, 0.717) is 11.6 Å². The molecular weight excluding hydrogens is 254 g/mol. The minimum Gasteiger partial charge on any atom is -0.249 e. The molecule has 0 atom stereocenters. The van der Waals surface area contributed by atoms with Crippen molar-refractivity contribution in [1.29, 1.82) is 0 Å². The van der Waals surface area contributed by atoms with Crippen LogP contribution >= 0.6 is 22.9 Å². The predicted molar refractivity (Wildman–Crippen MR) is 70.7 cm³/mol. The zero-order valence-electron chi connectivity index (χ0n) is 10.1. The van der Waals surface area contributed by atoms with E-state index >= 15 is 0 Å². The highest BCUT2D eigenvalue weighted by molar-refractivity contribution is 7.09. The molecular formula is C12H14ClN3S. The molecule has 0 fully saturated rings. The molecule has 2 rings (SSSR count). The van der Waals surface area contributed by atoms with Gasteiger partial charge in [0.25, 0.3) is 0 Å². The number of thiazole rings is 1. The highest BCUT2D eigenvalue weighted by Gasteiger charge is 2.19. The van der Waals surface area contributed by atoms with Crippen LogP contribution in [0.3, 0.4) is 0 Å². The molecule has 0 aliphatic carbocycles. The second-order valence-corrected chi connectivity index (χ2v) is 6.22. The number of hydrogen-bond acceptors (Lipinski definition) is 4. The minimum atomic E-state index is -0.0947. The summed E-state index contributed by atoms with van der Waals surface area (Å²) in [5.41, 5.74) is 0.826. The first-order valence-corrected chi connectivity index (χ1v) is 6.63. The molecule has 0 saturated heterocycles. The maximum absolute atomic E-state index is 6.03. The third-order valence-corrected chi connectivity index (χ3v) is 3.21.